The van der Waals surface area contributed by atoms with E-state index in [0.29, 0.717) is 12.5 Å². The normalized spacial score (nSPS) is 11.4. The summed E-state index contributed by atoms with van der Waals surface area (Å²) in [5.41, 5.74) is 1.36. The van der Waals surface area contributed by atoms with E-state index in [1.807, 2.05) is 45.2 Å². The van der Waals surface area contributed by atoms with Crippen LogP contribution in [0, 0.1) is 0 Å². The van der Waals surface area contributed by atoms with Crippen molar-refractivity contribution in [3.05, 3.63) is 24.3 Å². The first-order valence-corrected chi connectivity index (χ1v) is 7.28. The van der Waals surface area contributed by atoms with Crippen molar-refractivity contribution in [1.82, 2.24) is 5.32 Å². The van der Waals surface area contributed by atoms with Gasteiger partial charge in [0.2, 0.25) is 0 Å². The molecule has 0 unspecified atom stereocenters. The second-order valence-electron chi connectivity index (χ2n) is 6.19. The zero-order valence-corrected chi connectivity index (χ0v) is 13.6. The number of anilines is 2. The van der Waals surface area contributed by atoms with Gasteiger partial charge in [0.05, 0.1) is 0 Å². The predicted octanol–water partition coefficient (Wildman–Crippen LogP) is 2.81. The highest BCUT2D eigenvalue weighted by atomic mass is 16.3. The average molecular weight is 293 g/mol. The van der Waals surface area contributed by atoms with Crippen molar-refractivity contribution >= 4 is 17.4 Å². The lowest BCUT2D eigenvalue weighted by Crippen LogP contribution is -2.46. The Balaban J connectivity index is 2.71. The molecule has 0 aromatic heterocycles. The minimum absolute atomic E-state index is 0.0436. The van der Waals surface area contributed by atoms with Crippen LogP contribution in [-0.2, 0) is 0 Å². The number of aliphatic hydroxyl groups is 1. The SMILES string of the molecule is CC(C)N(C)c1cccc(NC(=O)NC(C)(C)CCO)c1. The number of urea groups is 1. The molecule has 1 rings (SSSR count). The summed E-state index contributed by atoms with van der Waals surface area (Å²) in [4.78, 5) is 14.1. The number of carbonyl (C=O) groups excluding carboxylic acids is 1. The van der Waals surface area contributed by atoms with E-state index in [2.05, 4.69) is 29.4 Å². The molecule has 0 heterocycles. The summed E-state index contributed by atoms with van der Waals surface area (Å²) in [6.07, 6.45) is 0.510. The van der Waals surface area contributed by atoms with Crippen molar-refractivity contribution in [1.29, 1.82) is 0 Å². The molecule has 3 N–H and O–H groups in total. The summed E-state index contributed by atoms with van der Waals surface area (Å²) in [5.74, 6) is 0. The second kappa shape index (κ2) is 7.31. The number of nitrogens with one attached hydrogen (secondary N) is 2. The first-order chi connectivity index (χ1) is 9.75. The van der Waals surface area contributed by atoms with Gasteiger partial charge in [-0.05, 0) is 52.3 Å². The van der Waals surface area contributed by atoms with Crippen LogP contribution in [0.25, 0.3) is 0 Å². The fourth-order valence-electron chi connectivity index (χ4n) is 1.91. The van der Waals surface area contributed by atoms with Crippen LogP contribution >= 0.6 is 0 Å². The van der Waals surface area contributed by atoms with Crippen molar-refractivity contribution in [2.24, 2.45) is 0 Å². The molecule has 0 saturated heterocycles. The van der Waals surface area contributed by atoms with Crippen molar-refractivity contribution in [2.75, 3.05) is 23.9 Å². The van der Waals surface area contributed by atoms with Crippen molar-refractivity contribution < 1.29 is 9.90 Å². The number of hydrogen-bond donors (Lipinski definition) is 3. The number of hydrogen-bond acceptors (Lipinski definition) is 3. The van der Waals surface area contributed by atoms with Crippen LogP contribution < -0.4 is 15.5 Å². The van der Waals surface area contributed by atoms with Crippen LogP contribution in [0.15, 0.2) is 24.3 Å². The van der Waals surface area contributed by atoms with Crippen LogP contribution in [-0.4, -0.2) is 36.4 Å². The van der Waals surface area contributed by atoms with Gasteiger partial charge in [-0.1, -0.05) is 6.07 Å². The van der Waals surface area contributed by atoms with E-state index < -0.39 is 5.54 Å². The molecule has 0 saturated carbocycles. The minimum Gasteiger partial charge on any atom is -0.396 e. The summed E-state index contributed by atoms with van der Waals surface area (Å²) in [5, 5.41) is 14.7. The Kier molecular flexibility index (Phi) is 6.03. The predicted molar refractivity (Wildman–Crippen MR) is 87.9 cm³/mol. The zero-order chi connectivity index (χ0) is 16.0. The molecule has 21 heavy (non-hydrogen) atoms. The molecule has 1 aromatic rings. The van der Waals surface area contributed by atoms with Gasteiger partial charge in [0.15, 0.2) is 0 Å². The highest BCUT2D eigenvalue weighted by molar-refractivity contribution is 5.90. The number of carbonyl (C=O) groups is 1. The van der Waals surface area contributed by atoms with E-state index in [9.17, 15) is 4.79 Å². The van der Waals surface area contributed by atoms with Gasteiger partial charge in [-0.25, -0.2) is 4.79 Å². The van der Waals surface area contributed by atoms with Crippen LogP contribution in [0.3, 0.4) is 0 Å². The van der Waals surface area contributed by atoms with Crippen LogP contribution in [0.5, 0.6) is 0 Å². The summed E-state index contributed by atoms with van der Waals surface area (Å²) in [7, 11) is 2.02. The minimum atomic E-state index is -0.439. The Hall–Kier alpha value is -1.75. The van der Waals surface area contributed by atoms with Gasteiger partial charge in [-0.2, -0.15) is 0 Å². The van der Waals surface area contributed by atoms with Crippen LogP contribution in [0.4, 0.5) is 16.2 Å². The zero-order valence-electron chi connectivity index (χ0n) is 13.6. The monoisotopic (exact) mass is 293 g/mol. The third kappa shape index (κ3) is 5.63. The molecule has 0 aliphatic rings. The average Bonchev–Trinajstić information content (AvgIpc) is 2.36. The molecule has 2 amide bonds. The van der Waals surface area contributed by atoms with Crippen LogP contribution in [0.2, 0.25) is 0 Å². The maximum Gasteiger partial charge on any atom is 0.319 e. The molecule has 0 atom stereocenters. The van der Waals surface area contributed by atoms with Gasteiger partial charge in [0.25, 0.3) is 0 Å². The molecule has 0 spiro atoms. The summed E-state index contributed by atoms with van der Waals surface area (Å²) in [6.45, 7) is 8.04. The fourth-order valence-corrected chi connectivity index (χ4v) is 1.91. The number of amides is 2. The highest BCUT2D eigenvalue weighted by Crippen LogP contribution is 2.20. The van der Waals surface area contributed by atoms with E-state index in [0.717, 1.165) is 11.4 Å². The Morgan fingerprint density at radius 1 is 1.38 bits per heavy atom. The van der Waals surface area contributed by atoms with E-state index in [1.165, 1.54) is 0 Å². The molecule has 5 heteroatoms. The third-order valence-corrected chi connectivity index (χ3v) is 3.47. The van der Waals surface area contributed by atoms with Crippen molar-refractivity contribution in [2.45, 2.75) is 45.7 Å². The van der Waals surface area contributed by atoms with Crippen molar-refractivity contribution in [3.8, 4) is 0 Å². The van der Waals surface area contributed by atoms with Gasteiger partial charge in [0, 0.05) is 36.6 Å². The quantitative estimate of drug-likeness (QED) is 0.755. The number of benzene rings is 1. The molecule has 5 nitrogen and oxygen atoms in total. The lowest BCUT2D eigenvalue weighted by molar-refractivity contribution is 0.218. The molecule has 118 valence electrons. The summed E-state index contributed by atoms with van der Waals surface area (Å²) in [6, 6.07) is 7.85. The first-order valence-electron chi connectivity index (χ1n) is 7.28. The lowest BCUT2D eigenvalue weighted by Gasteiger charge is -2.26. The van der Waals surface area contributed by atoms with E-state index in [-0.39, 0.29) is 12.6 Å². The Morgan fingerprint density at radius 2 is 2.05 bits per heavy atom. The topological polar surface area (TPSA) is 64.6 Å². The standard InChI is InChI=1S/C16H27N3O2/c1-12(2)19(5)14-8-6-7-13(11-14)17-15(21)18-16(3,4)9-10-20/h6-8,11-12,20H,9-10H2,1-5H3,(H2,17,18,21). The lowest BCUT2D eigenvalue weighted by atomic mass is 10.0. The van der Waals surface area contributed by atoms with E-state index in [4.69, 9.17) is 5.11 Å². The molecular formula is C16H27N3O2. The summed E-state index contributed by atoms with van der Waals surface area (Å²) >= 11 is 0. The van der Waals surface area contributed by atoms with Gasteiger partial charge < -0.3 is 20.6 Å². The molecule has 0 aliphatic heterocycles. The summed E-state index contributed by atoms with van der Waals surface area (Å²) < 4.78 is 0. The molecular weight excluding hydrogens is 266 g/mol. The third-order valence-electron chi connectivity index (χ3n) is 3.47. The molecule has 0 aliphatic carbocycles. The fraction of sp³-hybridized carbons (Fsp3) is 0.562. The van der Waals surface area contributed by atoms with Crippen molar-refractivity contribution in [3.63, 3.8) is 0 Å². The largest absolute Gasteiger partial charge is 0.396 e. The number of aliphatic hydroxyl groups excluding tert-OH is 1. The Labute approximate surface area is 127 Å². The smallest absolute Gasteiger partial charge is 0.319 e. The Morgan fingerprint density at radius 3 is 2.62 bits per heavy atom. The first kappa shape index (κ1) is 17.3. The van der Waals surface area contributed by atoms with Crippen LogP contribution in [0.1, 0.15) is 34.1 Å². The van der Waals surface area contributed by atoms with Gasteiger partial charge >= 0.3 is 6.03 Å². The van der Waals surface area contributed by atoms with Gasteiger partial charge in [0.1, 0.15) is 0 Å². The molecule has 0 fully saturated rings. The van der Waals surface area contributed by atoms with Gasteiger partial charge in [-0.3, -0.25) is 0 Å². The maximum absolute atomic E-state index is 12.0. The molecule has 1 aromatic carbocycles. The second-order valence-corrected chi connectivity index (χ2v) is 6.19. The molecule has 0 radical (unpaired) electrons. The molecule has 0 bridgehead atoms. The number of nitrogens with zero attached hydrogens (tertiary/aromatic N) is 1. The Bertz CT molecular complexity index is 472. The van der Waals surface area contributed by atoms with Gasteiger partial charge in [-0.15, -0.1) is 0 Å². The van der Waals surface area contributed by atoms with E-state index in [1.54, 1.807) is 0 Å². The number of rotatable bonds is 6. The maximum atomic E-state index is 12.0. The highest BCUT2D eigenvalue weighted by Gasteiger charge is 2.19. The van der Waals surface area contributed by atoms with E-state index >= 15 is 0 Å².